The maximum atomic E-state index is 5.75. The van der Waals surface area contributed by atoms with Gasteiger partial charge in [0.1, 0.15) is 5.75 Å². The molecule has 2 rings (SSSR count). The minimum absolute atomic E-state index is 0.836. The molecule has 1 aliphatic rings. The number of aryl methyl sites for hydroxylation is 1. The van der Waals surface area contributed by atoms with Crippen LogP contribution in [0.25, 0.3) is 0 Å². The molecule has 0 radical (unpaired) electrons. The van der Waals surface area contributed by atoms with Crippen LogP contribution in [0.2, 0.25) is 0 Å². The molecule has 0 saturated heterocycles. The Labute approximate surface area is 162 Å². The van der Waals surface area contributed by atoms with Crippen LogP contribution in [0.15, 0.2) is 35.9 Å². The molecule has 0 N–H and O–H groups in total. The molecule has 0 amide bonds. The van der Waals surface area contributed by atoms with Gasteiger partial charge in [-0.1, -0.05) is 82.6 Å². The van der Waals surface area contributed by atoms with Crippen molar-refractivity contribution in [3.05, 3.63) is 41.5 Å². The third-order valence-corrected chi connectivity index (χ3v) is 5.75. The Morgan fingerprint density at radius 2 is 1.65 bits per heavy atom. The fraction of sp³-hybridized carbons (Fsp3) is 0.680. The van der Waals surface area contributed by atoms with E-state index >= 15 is 0 Å². The molecule has 146 valence electrons. The van der Waals surface area contributed by atoms with E-state index in [1.807, 2.05) is 0 Å². The second-order valence-corrected chi connectivity index (χ2v) is 8.05. The predicted octanol–water partition coefficient (Wildman–Crippen LogP) is 7.89. The molecular formula is C25H40O. The number of hydrogen-bond donors (Lipinski definition) is 0. The summed E-state index contributed by atoms with van der Waals surface area (Å²) in [7, 11) is 0. The van der Waals surface area contributed by atoms with Crippen LogP contribution in [0.1, 0.15) is 96.5 Å². The third kappa shape index (κ3) is 8.43. The van der Waals surface area contributed by atoms with E-state index in [9.17, 15) is 0 Å². The summed E-state index contributed by atoms with van der Waals surface area (Å²) in [6.07, 6.45) is 19.9. The number of ether oxygens (including phenoxy) is 1. The average Bonchev–Trinajstić information content (AvgIpc) is 2.68. The fourth-order valence-electron chi connectivity index (χ4n) is 3.86. The minimum Gasteiger partial charge on any atom is -0.494 e. The van der Waals surface area contributed by atoms with Gasteiger partial charge in [0.25, 0.3) is 0 Å². The average molecular weight is 357 g/mol. The molecular weight excluding hydrogens is 316 g/mol. The zero-order chi connectivity index (χ0) is 18.5. The summed E-state index contributed by atoms with van der Waals surface area (Å²) >= 11 is 0. The van der Waals surface area contributed by atoms with Crippen LogP contribution in [0, 0.1) is 5.92 Å². The Balaban J connectivity index is 1.62. The van der Waals surface area contributed by atoms with Gasteiger partial charge in [-0.05, 0) is 62.1 Å². The lowest BCUT2D eigenvalue weighted by Crippen LogP contribution is -2.06. The molecule has 0 heterocycles. The normalized spacial score (nSPS) is 17.2. The minimum atomic E-state index is 0.836. The molecule has 0 spiro atoms. The first-order valence-electron chi connectivity index (χ1n) is 11.2. The Bertz CT molecular complexity index is 499. The van der Waals surface area contributed by atoms with Crippen LogP contribution in [0.5, 0.6) is 5.75 Å². The van der Waals surface area contributed by atoms with E-state index < -0.39 is 0 Å². The van der Waals surface area contributed by atoms with Crippen molar-refractivity contribution in [2.24, 2.45) is 5.92 Å². The molecule has 26 heavy (non-hydrogen) atoms. The van der Waals surface area contributed by atoms with Crippen molar-refractivity contribution in [1.82, 2.24) is 0 Å². The van der Waals surface area contributed by atoms with Crippen LogP contribution in [0.3, 0.4) is 0 Å². The van der Waals surface area contributed by atoms with Gasteiger partial charge in [-0.3, -0.25) is 0 Å². The van der Waals surface area contributed by atoms with Gasteiger partial charge >= 0.3 is 0 Å². The Morgan fingerprint density at radius 1 is 0.885 bits per heavy atom. The van der Waals surface area contributed by atoms with Crippen LogP contribution in [-0.2, 0) is 6.42 Å². The SMILES string of the molecule is CCCCCCCC1CC=C(CCc2ccc(OCCCC)cc2)CC1. The first-order chi connectivity index (χ1) is 12.8. The summed E-state index contributed by atoms with van der Waals surface area (Å²) in [5, 5.41) is 0. The van der Waals surface area contributed by atoms with Crippen molar-refractivity contribution in [2.45, 2.75) is 97.3 Å². The molecule has 0 bridgehead atoms. The highest BCUT2D eigenvalue weighted by molar-refractivity contribution is 5.28. The Hall–Kier alpha value is -1.24. The standard InChI is InChI=1S/C25H40O/c1-3-5-7-8-9-10-22-11-13-23(14-12-22)15-16-24-17-19-25(20-18-24)26-21-6-4-2/h13,17-20,22H,3-12,14-16,21H2,1-2H3. The number of allylic oxidation sites excluding steroid dienone is 2. The highest BCUT2D eigenvalue weighted by Gasteiger charge is 2.14. The van der Waals surface area contributed by atoms with E-state index in [0.29, 0.717) is 0 Å². The quantitative estimate of drug-likeness (QED) is 0.258. The molecule has 0 aromatic heterocycles. The summed E-state index contributed by atoms with van der Waals surface area (Å²) in [4.78, 5) is 0. The number of benzene rings is 1. The molecule has 0 aliphatic heterocycles. The number of unbranched alkanes of at least 4 members (excludes halogenated alkanes) is 5. The molecule has 0 saturated carbocycles. The van der Waals surface area contributed by atoms with Crippen molar-refractivity contribution in [2.75, 3.05) is 6.61 Å². The maximum absolute atomic E-state index is 5.75. The van der Waals surface area contributed by atoms with Crippen molar-refractivity contribution in [3.63, 3.8) is 0 Å². The largest absolute Gasteiger partial charge is 0.494 e. The third-order valence-electron chi connectivity index (χ3n) is 5.75. The first-order valence-corrected chi connectivity index (χ1v) is 11.2. The molecule has 1 unspecified atom stereocenters. The first kappa shape index (κ1) is 21.1. The van der Waals surface area contributed by atoms with Crippen molar-refractivity contribution in [3.8, 4) is 5.75 Å². The molecule has 1 nitrogen and oxygen atoms in total. The van der Waals surface area contributed by atoms with Gasteiger partial charge in [-0.15, -0.1) is 0 Å². The number of hydrogen-bond acceptors (Lipinski definition) is 1. The van der Waals surface area contributed by atoms with E-state index in [2.05, 4.69) is 44.2 Å². The topological polar surface area (TPSA) is 9.23 Å². The lowest BCUT2D eigenvalue weighted by atomic mass is 9.84. The summed E-state index contributed by atoms with van der Waals surface area (Å²) < 4.78 is 5.75. The van der Waals surface area contributed by atoms with E-state index in [1.165, 1.54) is 82.6 Å². The predicted molar refractivity (Wildman–Crippen MR) is 114 cm³/mol. The number of rotatable bonds is 13. The lowest BCUT2D eigenvalue weighted by Gasteiger charge is -2.22. The second kappa shape index (κ2) is 13.0. The van der Waals surface area contributed by atoms with E-state index in [1.54, 1.807) is 5.57 Å². The van der Waals surface area contributed by atoms with Crippen LogP contribution in [-0.4, -0.2) is 6.61 Å². The molecule has 1 atom stereocenters. The highest BCUT2D eigenvalue weighted by atomic mass is 16.5. The maximum Gasteiger partial charge on any atom is 0.119 e. The van der Waals surface area contributed by atoms with Crippen molar-refractivity contribution >= 4 is 0 Å². The molecule has 1 aromatic carbocycles. The zero-order valence-electron chi connectivity index (χ0n) is 17.3. The van der Waals surface area contributed by atoms with Gasteiger partial charge in [0.15, 0.2) is 0 Å². The van der Waals surface area contributed by atoms with Gasteiger partial charge in [0.05, 0.1) is 6.61 Å². The van der Waals surface area contributed by atoms with E-state index in [4.69, 9.17) is 4.74 Å². The Morgan fingerprint density at radius 3 is 2.35 bits per heavy atom. The monoisotopic (exact) mass is 356 g/mol. The summed E-state index contributed by atoms with van der Waals surface area (Å²) in [6.45, 7) is 5.33. The molecule has 1 aliphatic carbocycles. The van der Waals surface area contributed by atoms with Crippen molar-refractivity contribution in [1.29, 1.82) is 0 Å². The van der Waals surface area contributed by atoms with Gasteiger partial charge in [-0.2, -0.15) is 0 Å². The van der Waals surface area contributed by atoms with Gasteiger partial charge in [0, 0.05) is 0 Å². The van der Waals surface area contributed by atoms with Gasteiger partial charge in [0.2, 0.25) is 0 Å². The second-order valence-electron chi connectivity index (χ2n) is 8.05. The van der Waals surface area contributed by atoms with Gasteiger partial charge in [-0.25, -0.2) is 0 Å². The van der Waals surface area contributed by atoms with Crippen LogP contribution < -0.4 is 4.74 Å². The lowest BCUT2D eigenvalue weighted by molar-refractivity contribution is 0.309. The Kier molecular flexibility index (Phi) is 10.5. The smallest absolute Gasteiger partial charge is 0.119 e. The van der Waals surface area contributed by atoms with Crippen LogP contribution >= 0.6 is 0 Å². The van der Waals surface area contributed by atoms with E-state index in [0.717, 1.165) is 24.7 Å². The van der Waals surface area contributed by atoms with Crippen molar-refractivity contribution < 1.29 is 4.74 Å². The summed E-state index contributed by atoms with van der Waals surface area (Å²) in [5.74, 6) is 1.97. The zero-order valence-corrected chi connectivity index (χ0v) is 17.3. The fourth-order valence-corrected chi connectivity index (χ4v) is 3.86. The highest BCUT2D eigenvalue weighted by Crippen LogP contribution is 2.30. The summed E-state index contributed by atoms with van der Waals surface area (Å²) in [6, 6.07) is 8.75. The molecule has 1 aromatic rings. The van der Waals surface area contributed by atoms with Gasteiger partial charge < -0.3 is 4.74 Å². The summed E-state index contributed by atoms with van der Waals surface area (Å²) in [5.41, 5.74) is 3.13. The molecule has 0 fully saturated rings. The molecule has 1 heteroatoms. The van der Waals surface area contributed by atoms with E-state index in [-0.39, 0.29) is 0 Å². The van der Waals surface area contributed by atoms with Crippen LogP contribution in [0.4, 0.5) is 0 Å².